The molecule has 1 aromatic carbocycles. The van der Waals surface area contributed by atoms with Gasteiger partial charge in [-0.1, -0.05) is 24.3 Å². The number of carbonyl (C=O) groups is 3. The van der Waals surface area contributed by atoms with Crippen LogP contribution in [-0.2, 0) is 25.5 Å². The first-order valence-electron chi connectivity index (χ1n) is 12.6. The molecule has 2 heterocycles. The van der Waals surface area contributed by atoms with Crippen molar-refractivity contribution in [1.29, 1.82) is 0 Å². The minimum Gasteiger partial charge on any atom is -0.381 e. The standard InChI is InChI=1S/C26H38N4O4/c1-16(27-2)24(31)29-22-13-12-19(34-3)15-18-11-14-23(30(18)26(22)33)25(32)28-21-10-6-8-17-7-4-5-9-20(17)21/h4-5,7,9,16,18-19,21-23,27H,6,8,10-15H2,1-3H3,(H,28,32)(H,29,31)/t16-,18+,19-,21+,22-,23-/m0/s1. The van der Waals surface area contributed by atoms with E-state index in [-0.39, 0.29) is 35.9 Å². The summed E-state index contributed by atoms with van der Waals surface area (Å²) in [5.41, 5.74) is 2.47. The van der Waals surface area contributed by atoms with Gasteiger partial charge in [0, 0.05) is 13.2 Å². The lowest BCUT2D eigenvalue weighted by molar-refractivity contribution is -0.145. The van der Waals surface area contributed by atoms with Crippen molar-refractivity contribution in [3.8, 4) is 0 Å². The number of benzene rings is 1. The molecule has 2 saturated heterocycles. The van der Waals surface area contributed by atoms with Crippen LogP contribution in [0.4, 0.5) is 0 Å². The van der Waals surface area contributed by atoms with Gasteiger partial charge in [-0.15, -0.1) is 0 Å². The van der Waals surface area contributed by atoms with E-state index in [0.29, 0.717) is 25.7 Å². The average Bonchev–Trinajstić information content (AvgIpc) is 3.27. The summed E-state index contributed by atoms with van der Waals surface area (Å²) in [5, 5.41) is 9.09. The molecule has 3 aliphatic rings. The summed E-state index contributed by atoms with van der Waals surface area (Å²) in [5.74, 6) is -0.468. The van der Waals surface area contributed by atoms with Gasteiger partial charge in [-0.25, -0.2) is 0 Å². The molecule has 3 N–H and O–H groups in total. The molecule has 186 valence electrons. The molecule has 4 rings (SSSR count). The van der Waals surface area contributed by atoms with Crippen molar-refractivity contribution in [2.75, 3.05) is 14.2 Å². The molecule has 2 aliphatic heterocycles. The molecule has 6 atom stereocenters. The van der Waals surface area contributed by atoms with Crippen LogP contribution in [-0.4, -0.2) is 67.1 Å². The molecule has 0 spiro atoms. The number of ether oxygens (including phenoxy) is 1. The fraction of sp³-hybridized carbons (Fsp3) is 0.654. The predicted octanol–water partition coefficient (Wildman–Crippen LogP) is 1.83. The van der Waals surface area contributed by atoms with E-state index < -0.39 is 18.1 Å². The van der Waals surface area contributed by atoms with E-state index in [1.165, 1.54) is 11.1 Å². The van der Waals surface area contributed by atoms with Crippen molar-refractivity contribution in [3.63, 3.8) is 0 Å². The van der Waals surface area contributed by atoms with E-state index in [0.717, 1.165) is 25.7 Å². The Hall–Kier alpha value is -2.45. The Morgan fingerprint density at radius 1 is 1.06 bits per heavy atom. The number of carbonyl (C=O) groups excluding carboxylic acids is 3. The monoisotopic (exact) mass is 470 g/mol. The number of hydrogen-bond acceptors (Lipinski definition) is 5. The van der Waals surface area contributed by atoms with Crippen LogP contribution in [0.3, 0.4) is 0 Å². The minimum absolute atomic E-state index is 0.00578. The van der Waals surface area contributed by atoms with Crippen molar-refractivity contribution in [2.45, 2.75) is 94.6 Å². The average molecular weight is 471 g/mol. The number of nitrogens with one attached hydrogen (secondary N) is 3. The summed E-state index contributed by atoms with van der Waals surface area (Å²) < 4.78 is 5.68. The quantitative estimate of drug-likeness (QED) is 0.589. The number of fused-ring (bicyclic) bond motifs is 2. The van der Waals surface area contributed by atoms with Gasteiger partial charge in [0.05, 0.1) is 18.2 Å². The number of hydrogen-bond donors (Lipinski definition) is 3. The van der Waals surface area contributed by atoms with Crippen molar-refractivity contribution in [1.82, 2.24) is 20.9 Å². The summed E-state index contributed by atoms with van der Waals surface area (Å²) in [7, 11) is 3.40. The fourth-order valence-corrected chi connectivity index (χ4v) is 5.73. The zero-order chi connectivity index (χ0) is 24.2. The van der Waals surface area contributed by atoms with Gasteiger partial charge < -0.3 is 25.6 Å². The fourth-order valence-electron chi connectivity index (χ4n) is 5.73. The maximum atomic E-state index is 13.7. The third-order valence-corrected chi connectivity index (χ3v) is 7.83. The molecule has 2 fully saturated rings. The number of rotatable bonds is 6. The molecule has 8 heteroatoms. The van der Waals surface area contributed by atoms with Crippen molar-refractivity contribution >= 4 is 17.7 Å². The lowest BCUT2D eigenvalue weighted by Crippen LogP contribution is -2.58. The number of aryl methyl sites for hydroxylation is 1. The van der Waals surface area contributed by atoms with Gasteiger partial charge >= 0.3 is 0 Å². The van der Waals surface area contributed by atoms with Crippen LogP contribution in [0.5, 0.6) is 0 Å². The van der Waals surface area contributed by atoms with Gasteiger partial charge in [0.2, 0.25) is 17.7 Å². The molecule has 34 heavy (non-hydrogen) atoms. The first-order chi connectivity index (χ1) is 16.4. The highest BCUT2D eigenvalue weighted by Gasteiger charge is 2.46. The van der Waals surface area contributed by atoms with Crippen LogP contribution in [0.1, 0.15) is 69.0 Å². The van der Waals surface area contributed by atoms with E-state index in [1.807, 2.05) is 12.1 Å². The molecule has 3 amide bonds. The first kappa shape index (κ1) is 24.7. The van der Waals surface area contributed by atoms with Gasteiger partial charge in [-0.05, 0) is 76.5 Å². The highest BCUT2D eigenvalue weighted by atomic mass is 16.5. The second-order valence-electron chi connectivity index (χ2n) is 9.89. The minimum atomic E-state index is -0.660. The van der Waals surface area contributed by atoms with Crippen LogP contribution < -0.4 is 16.0 Å². The highest BCUT2D eigenvalue weighted by Crippen LogP contribution is 2.34. The summed E-state index contributed by atoms with van der Waals surface area (Å²) in [4.78, 5) is 41.5. The van der Waals surface area contributed by atoms with Crippen LogP contribution in [0, 0.1) is 0 Å². The molecular weight excluding hydrogens is 432 g/mol. The highest BCUT2D eigenvalue weighted by molar-refractivity contribution is 5.93. The molecule has 1 aliphatic carbocycles. The Kier molecular flexibility index (Phi) is 7.88. The summed E-state index contributed by atoms with van der Waals surface area (Å²) >= 11 is 0. The first-order valence-corrected chi connectivity index (χ1v) is 12.6. The van der Waals surface area contributed by atoms with Crippen molar-refractivity contribution in [2.24, 2.45) is 0 Å². The van der Waals surface area contributed by atoms with E-state index in [9.17, 15) is 14.4 Å². The van der Waals surface area contributed by atoms with Crippen LogP contribution in [0.25, 0.3) is 0 Å². The molecule has 0 unspecified atom stereocenters. The topological polar surface area (TPSA) is 99.8 Å². The smallest absolute Gasteiger partial charge is 0.246 e. The zero-order valence-electron chi connectivity index (χ0n) is 20.5. The van der Waals surface area contributed by atoms with Gasteiger partial charge in [0.15, 0.2) is 0 Å². The van der Waals surface area contributed by atoms with Gasteiger partial charge in [0.1, 0.15) is 12.1 Å². The molecule has 0 aromatic heterocycles. The van der Waals surface area contributed by atoms with Gasteiger partial charge in [-0.3, -0.25) is 14.4 Å². The third-order valence-electron chi connectivity index (χ3n) is 7.83. The Morgan fingerprint density at radius 3 is 2.62 bits per heavy atom. The SMILES string of the molecule is CN[C@@H](C)C(=O)N[C@H]1CC[C@H](OC)C[C@H]2CC[C@@H](C(=O)N[C@@H]3CCCc4ccccc43)N2C1=O. The maximum absolute atomic E-state index is 13.7. The Labute approximate surface area is 202 Å². The normalized spacial score (nSPS) is 29.9. The second-order valence-corrected chi connectivity index (χ2v) is 9.89. The van der Waals surface area contributed by atoms with E-state index >= 15 is 0 Å². The lowest BCUT2D eigenvalue weighted by Gasteiger charge is -2.38. The molecule has 0 radical (unpaired) electrons. The van der Waals surface area contributed by atoms with Crippen molar-refractivity contribution in [3.05, 3.63) is 35.4 Å². The molecule has 8 nitrogen and oxygen atoms in total. The largest absolute Gasteiger partial charge is 0.381 e. The van der Waals surface area contributed by atoms with Crippen molar-refractivity contribution < 1.29 is 19.1 Å². The number of amides is 3. The maximum Gasteiger partial charge on any atom is 0.246 e. The molecular formula is C26H38N4O4. The van der Waals surface area contributed by atoms with E-state index in [1.54, 1.807) is 26.0 Å². The number of methoxy groups -OCH3 is 1. The Bertz CT molecular complexity index is 907. The Balaban J connectivity index is 1.53. The van der Waals surface area contributed by atoms with E-state index in [4.69, 9.17) is 4.74 Å². The molecule has 1 aromatic rings. The molecule has 0 bridgehead atoms. The lowest BCUT2D eigenvalue weighted by atomic mass is 9.87. The summed E-state index contributed by atoms with van der Waals surface area (Å²) in [6.07, 6.45) is 6.25. The molecule has 0 saturated carbocycles. The third kappa shape index (κ3) is 5.13. The Morgan fingerprint density at radius 2 is 1.85 bits per heavy atom. The number of nitrogens with zero attached hydrogens (tertiary/aromatic N) is 1. The zero-order valence-corrected chi connectivity index (χ0v) is 20.5. The second kappa shape index (κ2) is 10.9. The van der Waals surface area contributed by atoms with Crippen LogP contribution in [0.15, 0.2) is 24.3 Å². The van der Waals surface area contributed by atoms with Gasteiger partial charge in [0.25, 0.3) is 0 Å². The van der Waals surface area contributed by atoms with Crippen LogP contribution >= 0.6 is 0 Å². The predicted molar refractivity (Wildman–Crippen MR) is 129 cm³/mol. The van der Waals surface area contributed by atoms with Gasteiger partial charge in [-0.2, -0.15) is 0 Å². The van der Waals surface area contributed by atoms with Crippen LogP contribution in [0.2, 0.25) is 0 Å². The summed E-state index contributed by atoms with van der Waals surface area (Å²) in [6.45, 7) is 1.76. The number of likely N-dealkylation sites (N-methyl/N-ethyl adjacent to an activating group) is 1. The summed E-state index contributed by atoms with van der Waals surface area (Å²) in [6, 6.07) is 6.60. The van der Waals surface area contributed by atoms with E-state index in [2.05, 4.69) is 28.1 Å².